The molecule has 0 spiro atoms. The van der Waals surface area contributed by atoms with Crippen LogP contribution in [0.3, 0.4) is 0 Å². The molecule has 5 nitrogen and oxygen atoms in total. The topological polar surface area (TPSA) is 70.6 Å². The molecule has 0 unspecified atom stereocenters. The van der Waals surface area contributed by atoms with Crippen LogP contribution in [-0.4, -0.2) is 18.0 Å². The molecule has 0 aliphatic heterocycles. The van der Waals surface area contributed by atoms with Crippen LogP contribution in [0.2, 0.25) is 15.1 Å². The predicted octanol–water partition coefficient (Wildman–Crippen LogP) is 4.52. The monoisotopic (exact) mass is 397 g/mol. The van der Waals surface area contributed by atoms with E-state index in [2.05, 4.69) is 15.8 Å². The molecule has 25 heavy (non-hydrogen) atoms. The second-order valence-corrected chi connectivity index (χ2v) is 6.30. The summed E-state index contributed by atoms with van der Waals surface area (Å²) in [7, 11) is 0. The lowest BCUT2D eigenvalue weighted by Gasteiger charge is -2.05. The van der Waals surface area contributed by atoms with Crippen LogP contribution >= 0.6 is 34.8 Å². The van der Waals surface area contributed by atoms with Gasteiger partial charge in [-0.15, -0.1) is 0 Å². The number of anilines is 1. The lowest BCUT2D eigenvalue weighted by Crippen LogP contribution is -2.20. The van der Waals surface area contributed by atoms with Gasteiger partial charge in [-0.3, -0.25) is 9.59 Å². The minimum atomic E-state index is -0.386. The normalized spacial score (nSPS) is 10.7. The summed E-state index contributed by atoms with van der Waals surface area (Å²) in [6.07, 6.45) is 1.43. The number of hydrazone groups is 1. The Bertz CT molecular complexity index is 809. The second kappa shape index (κ2) is 9.42. The minimum Gasteiger partial charge on any atom is -0.326 e. The highest BCUT2D eigenvalue weighted by atomic mass is 35.5. The molecule has 0 saturated carbocycles. The van der Waals surface area contributed by atoms with E-state index >= 15 is 0 Å². The lowest BCUT2D eigenvalue weighted by atomic mass is 10.2. The van der Waals surface area contributed by atoms with Crippen LogP contribution in [0, 0.1) is 0 Å². The highest BCUT2D eigenvalue weighted by molar-refractivity contribution is 6.36. The molecule has 0 heterocycles. The highest BCUT2D eigenvalue weighted by Crippen LogP contribution is 2.19. The van der Waals surface area contributed by atoms with Gasteiger partial charge in [-0.1, -0.05) is 46.9 Å². The number of amides is 2. The number of hydrogen-bond acceptors (Lipinski definition) is 3. The van der Waals surface area contributed by atoms with Gasteiger partial charge in [0.1, 0.15) is 0 Å². The molecular weight excluding hydrogens is 385 g/mol. The summed E-state index contributed by atoms with van der Waals surface area (Å²) in [6, 6.07) is 11.7. The van der Waals surface area contributed by atoms with E-state index in [1.807, 2.05) is 0 Å². The summed E-state index contributed by atoms with van der Waals surface area (Å²) in [5, 5.41) is 7.92. The Balaban J connectivity index is 1.76. The number of carbonyl (C=O) groups is 2. The van der Waals surface area contributed by atoms with Crippen molar-refractivity contribution in [2.75, 3.05) is 5.32 Å². The van der Waals surface area contributed by atoms with E-state index < -0.39 is 0 Å². The van der Waals surface area contributed by atoms with Crippen LogP contribution in [0.1, 0.15) is 18.4 Å². The van der Waals surface area contributed by atoms with Crippen molar-refractivity contribution in [3.63, 3.8) is 0 Å². The Kier molecular flexibility index (Phi) is 7.25. The predicted molar refractivity (Wildman–Crippen MR) is 102 cm³/mol. The average Bonchev–Trinajstić information content (AvgIpc) is 2.55. The molecule has 2 amide bonds. The maximum atomic E-state index is 11.8. The summed E-state index contributed by atoms with van der Waals surface area (Å²) in [5.74, 6) is -0.676. The van der Waals surface area contributed by atoms with Gasteiger partial charge in [0.05, 0.1) is 11.2 Å². The molecule has 0 aliphatic carbocycles. The lowest BCUT2D eigenvalue weighted by molar-refractivity contribution is -0.124. The van der Waals surface area contributed by atoms with Gasteiger partial charge in [0.25, 0.3) is 0 Å². The first-order valence-corrected chi connectivity index (χ1v) is 8.40. The summed E-state index contributed by atoms with van der Waals surface area (Å²) in [4.78, 5) is 23.5. The first kappa shape index (κ1) is 19.2. The van der Waals surface area contributed by atoms with Gasteiger partial charge >= 0.3 is 0 Å². The van der Waals surface area contributed by atoms with Crippen LogP contribution in [0.15, 0.2) is 47.6 Å². The zero-order valence-corrected chi connectivity index (χ0v) is 15.2. The average molecular weight is 399 g/mol. The van der Waals surface area contributed by atoms with E-state index in [-0.39, 0.29) is 24.7 Å². The molecule has 2 N–H and O–H groups in total. The van der Waals surface area contributed by atoms with Gasteiger partial charge in [0, 0.05) is 34.1 Å². The van der Waals surface area contributed by atoms with Crippen LogP contribution in [0.4, 0.5) is 5.69 Å². The SMILES string of the molecule is O=C(CCC(=O)Nc1cccc(Cl)c1)NN=Cc1ccc(Cl)cc1Cl. The van der Waals surface area contributed by atoms with Crippen molar-refractivity contribution in [2.45, 2.75) is 12.8 Å². The van der Waals surface area contributed by atoms with Crippen LogP contribution in [0.5, 0.6) is 0 Å². The molecule has 8 heteroatoms. The molecule has 2 aromatic rings. The van der Waals surface area contributed by atoms with Gasteiger partial charge in [-0.05, 0) is 30.3 Å². The maximum Gasteiger partial charge on any atom is 0.240 e. The number of carbonyl (C=O) groups excluding carboxylic acids is 2. The largest absolute Gasteiger partial charge is 0.326 e. The van der Waals surface area contributed by atoms with Crippen molar-refractivity contribution >= 4 is 58.5 Å². The van der Waals surface area contributed by atoms with E-state index in [1.54, 1.807) is 42.5 Å². The molecule has 0 bridgehead atoms. The van der Waals surface area contributed by atoms with Gasteiger partial charge in [-0.2, -0.15) is 5.10 Å². The molecule has 0 radical (unpaired) electrons. The molecule has 130 valence electrons. The minimum absolute atomic E-state index is 0.00190. The Morgan fingerprint density at radius 2 is 1.68 bits per heavy atom. The zero-order chi connectivity index (χ0) is 18.2. The number of nitrogens with zero attached hydrogens (tertiary/aromatic N) is 1. The summed E-state index contributed by atoms with van der Waals surface area (Å²) < 4.78 is 0. The van der Waals surface area contributed by atoms with Crippen molar-refractivity contribution in [2.24, 2.45) is 5.10 Å². The Morgan fingerprint density at radius 3 is 2.40 bits per heavy atom. The number of nitrogens with one attached hydrogen (secondary N) is 2. The van der Waals surface area contributed by atoms with E-state index in [4.69, 9.17) is 34.8 Å². The van der Waals surface area contributed by atoms with Crippen molar-refractivity contribution in [1.29, 1.82) is 0 Å². The first-order valence-electron chi connectivity index (χ1n) is 7.26. The van der Waals surface area contributed by atoms with Crippen molar-refractivity contribution in [1.82, 2.24) is 5.43 Å². The molecule has 2 aromatic carbocycles. The molecule has 2 rings (SSSR count). The molecule has 0 saturated heterocycles. The Morgan fingerprint density at radius 1 is 0.960 bits per heavy atom. The van der Waals surface area contributed by atoms with E-state index in [9.17, 15) is 9.59 Å². The van der Waals surface area contributed by atoms with Crippen LogP contribution in [0.25, 0.3) is 0 Å². The van der Waals surface area contributed by atoms with Gasteiger partial charge < -0.3 is 5.32 Å². The zero-order valence-electron chi connectivity index (χ0n) is 12.9. The molecular formula is C17H14Cl3N3O2. The second-order valence-electron chi connectivity index (χ2n) is 5.02. The molecule has 0 aromatic heterocycles. The number of hydrogen-bond donors (Lipinski definition) is 2. The Labute approximate surface area is 160 Å². The van der Waals surface area contributed by atoms with E-state index in [0.29, 0.717) is 26.3 Å². The smallest absolute Gasteiger partial charge is 0.240 e. The fraction of sp³-hybridized carbons (Fsp3) is 0.118. The van der Waals surface area contributed by atoms with Crippen LogP contribution in [-0.2, 0) is 9.59 Å². The van der Waals surface area contributed by atoms with Gasteiger partial charge in [0.15, 0.2) is 0 Å². The first-order chi connectivity index (χ1) is 11.9. The van der Waals surface area contributed by atoms with Crippen molar-refractivity contribution in [3.05, 3.63) is 63.1 Å². The van der Waals surface area contributed by atoms with Gasteiger partial charge in [0.2, 0.25) is 11.8 Å². The van der Waals surface area contributed by atoms with E-state index in [1.165, 1.54) is 6.21 Å². The third-order valence-corrected chi connectivity index (χ3v) is 3.84. The molecule has 0 aliphatic rings. The quantitative estimate of drug-likeness (QED) is 0.555. The Hall–Kier alpha value is -2.08. The third kappa shape index (κ3) is 6.74. The maximum absolute atomic E-state index is 11.8. The number of rotatable bonds is 6. The van der Waals surface area contributed by atoms with Gasteiger partial charge in [-0.25, -0.2) is 5.43 Å². The van der Waals surface area contributed by atoms with Crippen molar-refractivity contribution in [3.8, 4) is 0 Å². The third-order valence-electron chi connectivity index (χ3n) is 3.04. The summed E-state index contributed by atoms with van der Waals surface area (Å²) >= 11 is 17.6. The highest BCUT2D eigenvalue weighted by Gasteiger charge is 2.07. The summed E-state index contributed by atoms with van der Waals surface area (Å²) in [5.41, 5.74) is 3.53. The van der Waals surface area contributed by atoms with Crippen molar-refractivity contribution < 1.29 is 9.59 Å². The number of halogens is 3. The molecule has 0 atom stereocenters. The summed E-state index contributed by atoms with van der Waals surface area (Å²) in [6.45, 7) is 0. The fourth-order valence-electron chi connectivity index (χ4n) is 1.85. The number of benzene rings is 2. The fourth-order valence-corrected chi connectivity index (χ4v) is 2.50. The molecule has 0 fully saturated rings. The standard InChI is InChI=1S/C17H14Cl3N3O2/c18-12-2-1-3-14(8-12)22-16(24)6-7-17(25)23-21-10-11-4-5-13(19)9-15(11)20/h1-5,8-10H,6-7H2,(H,22,24)(H,23,25). The van der Waals surface area contributed by atoms with Crippen LogP contribution < -0.4 is 10.7 Å². The van der Waals surface area contributed by atoms with E-state index in [0.717, 1.165) is 0 Å².